The fourth-order valence-electron chi connectivity index (χ4n) is 6.77. The molecule has 0 saturated carbocycles. The van der Waals surface area contributed by atoms with E-state index < -0.39 is 218 Å². The maximum absolute atomic E-state index is 14.5. The second-order valence-electron chi connectivity index (χ2n) is 14.7. The van der Waals surface area contributed by atoms with Gasteiger partial charge in [-0.25, -0.2) is 25.1 Å². The molecule has 0 amide bonds. The predicted octanol–water partition coefficient (Wildman–Crippen LogP) is -4.30. The van der Waals surface area contributed by atoms with E-state index in [1.165, 1.54) is 0 Å². The number of ether oxygens (including phenoxy) is 4. The molecule has 3 aromatic rings. The first-order valence-electron chi connectivity index (χ1n) is 19.0. The summed E-state index contributed by atoms with van der Waals surface area (Å²) in [6.07, 6.45) is -30.3. The minimum Gasteiger partial charge on any atom is -0.507 e. The summed E-state index contributed by atoms with van der Waals surface area (Å²) in [5.41, 5.74) is -4.10. The topological polar surface area (TPSA) is 660 Å². The first-order chi connectivity index (χ1) is 35.4. The smallest absolute Gasteiger partial charge is 0.446 e. The molecule has 0 spiro atoms. The molecule has 0 unspecified atom stereocenters. The SMILES string of the molecule is C[C@@H]1O[C@@H](OC[C@H]2O[C@@H](Oc3c(-c4ccc(OS(=O)(=O)O)c(OS(=O)(=O)O)c4)oc4cc(OS(=O)(=O)O)cc(O)c4c3=O)[C@H](OS(=O)(=O)O)[C@@H](OS(=O)(=O)O)[C@@H]2OS(=O)(=O)O)[C@H](OS(=O)(=O)O)[C@H](OS(=O)(=O)O)[C@H]1OS(=O)(=O)O. The van der Waals surface area contributed by atoms with Crippen LogP contribution < -0.4 is 22.7 Å². The second kappa shape index (κ2) is 23.0. The Morgan fingerprint density at radius 3 is 1.39 bits per heavy atom. The summed E-state index contributed by atoms with van der Waals surface area (Å²) in [5, 5.41) is 9.62. The molecule has 10 atom stereocenters. The average molecular weight is 1330 g/mol. The lowest BCUT2D eigenvalue weighted by atomic mass is 9.98. The molecule has 10 N–H and O–H groups in total. The molecule has 52 heteroatoms. The Labute approximate surface area is 440 Å². The molecule has 1 aromatic heterocycles. The van der Waals surface area contributed by atoms with Crippen LogP contribution in [0.5, 0.6) is 28.7 Å². The standard InChI is InChI=1S/C27H30O43S9/c1-8-18(65-74(39,40)41)22(67-76(45,46)47)24(69-78(51,52)53)26(58-8)57-7-15-20(66-75(42,43)44)23(68-77(48,49)50)25(70-79(54,55)56)27(60-15)61-21-17(29)16-11(28)5-10(62-71(30,31)32)6-14(16)59-19(21)9-2-3-12(63-72(33,34)35)13(4-9)64-73(36,37)38/h2-6,8,15,18,20,22-28H,7H2,1H3,(H,30,31,32)(H,33,34,35)(H,36,37,38)(H,39,40,41)(H,42,43,44)(H,45,46,47)(H,48,49,50)(H,51,52,53)(H,54,55,56)/t8-,15+,18-,20+,22+,23-,24+,25+,26+,27-/m0/s1. The van der Waals surface area contributed by atoms with E-state index in [-0.39, 0.29) is 12.1 Å². The van der Waals surface area contributed by atoms with Gasteiger partial charge in [0.05, 0.1) is 12.7 Å². The lowest BCUT2D eigenvalue weighted by Gasteiger charge is -2.45. The van der Waals surface area contributed by atoms with Crippen molar-refractivity contribution < 1.29 is 183 Å². The summed E-state index contributed by atoms with van der Waals surface area (Å²) in [5.74, 6) is -8.65. The highest BCUT2D eigenvalue weighted by molar-refractivity contribution is 7.83. The summed E-state index contributed by atoms with van der Waals surface area (Å²) in [7, 11) is -53.7. The van der Waals surface area contributed by atoms with Crippen molar-refractivity contribution in [1.82, 2.24) is 0 Å². The number of phenolic OH excluding ortho intramolecular Hbond substituents is 1. The molecule has 0 radical (unpaired) electrons. The monoisotopic (exact) mass is 1330 g/mol. The van der Waals surface area contributed by atoms with E-state index in [1.54, 1.807) is 0 Å². The van der Waals surface area contributed by atoms with Crippen molar-refractivity contribution in [1.29, 1.82) is 0 Å². The summed E-state index contributed by atoms with van der Waals surface area (Å²) in [6, 6.07) is 1.58. The van der Waals surface area contributed by atoms with Crippen LogP contribution in [0.4, 0.5) is 0 Å². The van der Waals surface area contributed by atoms with Crippen molar-refractivity contribution in [3.05, 3.63) is 40.6 Å². The summed E-state index contributed by atoms with van der Waals surface area (Å²) in [6.45, 7) is -1.22. The van der Waals surface area contributed by atoms with Gasteiger partial charge in [0.25, 0.3) is 0 Å². The molecule has 2 saturated heterocycles. The second-order valence-corrected chi connectivity index (χ2v) is 24.1. The Hall–Kier alpha value is -4.52. The molecule has 5 rings (SSSR count). The van der Waals surface area contributed by atoms with Gasteiger partial charge in [-0.3, -0.25) is 45.8 Å². The van der Waals surface area contributed by atoms with E-state index >= 15 is 0 Å². The summed E-state index contributed by atoms with van der Waals surface area (Å²) < 4.78 is 366. The molecular formula is C27H30O43S9. The van der Waals surface area contributed by atoms with Gasteiger partial charge in [-0.15, -0.1) is 0 Å². The van der Waals surface area contributed by atoms with E-state index in [9.17, 15) is 127 Å². The van der Waals surface area contributed by atoms with Crippen molar-refractivity contribution >= 4 is 105 Å². The fourth-order valence-corrected chi connectivity index (χ4v) is 10.9. The van der Waals surface area contributed by atoms with Gasteiger partial charge in [0.15, 0.2) is 41.5 Å². The Bertz CT molecular complexity index is 3950. The minimum absolute atomic E-state index is 0.190. The highest BCUT2D eigenvalue weighted by Gasteiger charge is 2.57. The van der Waals surface area contributed by atoms with E-state index in [1.807, 2.05) is 0 Å². The third kappa shape index (κ3) is 19.6. The van der Waals surface area contributed by atoms with Crippen molar-refractivity contribution in [2.24, 2.45) is 0 Å². The van der Waals surface area contributed by atoms with Gasteiger partial charge in [-0.05, 0) is 25.1 Å². The van der Waals surface area contributed by atoms with Crippen molar-refractivity contribution in [2.45, 2.75) is 68.3 Å². The largest absolute Gasteiger partial charge is 0.507 e. The van der Waals surface area contributed by atoms with Gasteiger partial charge >= 0.3 is 93.6 Å². The molecule has 79 heavy (non-hydrogen) atoms. The molecule has 0 aliphatic carbocycles. The predicted molar refractivity (Wildman–Crippen MR) is 234 cm³/mol. The van der Waals surface area contributed by atoms with E-state index in [2.05, 4.69) is 37.6 Å². The van der Waals surface area contributed by atoms with Gasteiger partial charge in [0.1, 0.15) is 47.2 Å². The van der Waals surface area contributed by atoms with Gasteiger partial charge < -0.3 is 41.0 Å². The molecule has 2 aromatic carbocycles. The van der Waals surface area contributed by atoms with Crippen LogP contribution in [-0.4, -0.2) is 190 Å². The van der Waals surface area contributed by atoms with Crippen LogP contribution in [0.1, 0.15) is 6.92 Å². The first-order valence-corrected chi connectivity index (χ1v) is 31.2. The fraction of sp³-hybridized carbons (Fsp3) is 0.444. The number of benzene rings is 2. The molecule has 43 nitrogen and oxygen atoms in total. The zero-order valence-corrected chi connectivity index (χ0v) is 44.3. The van der Waals surface area contributed by atoms with Gasteiger partial charge in [0, 0.05) is 17.7 Å². The lowest BCUT2D eigenvalue weighted by molar-refractivity contribution is -0.306. The van der Waals surface area contributed by atoms with E-state index in [0.717, 1.165) is 0 Å². The zero-order valence-electron chi connectivity index (χ0n) is 37.0. The molecule has 3 heterocycles. The van der Waals surface area contributed by atoms with Gasteiger partial charge in [0.2, 0.25) is 17.5 Å². The zero-order chi connectivity index (χ0) is 60.2. The maximum atomic E-state index is 14.5. The number of hydrogen-bond acceptors (Lipinski definition) is 34. The Kier molecular flexibility index (Phi) is 19.0. The normalized spacial score (nSPS) is 25.1. The van der Waals surface area contributed by atoms with Crippen molar-refractivity contribution in [3.63, 3.8) is 0 Å². The first kappa shape index (κ1) is 65.3. The van der Waals surface area contributed by atoms with Gasteiger partial charge in [-0.2, -0.15) is 75.8 Å². The number of fused-ring (bicyclic) bond motifs is 1. The Balaban J connectivity index is 1.82. The van der Waals surface area contributed by atoms with Crippen LogP contribution in [0, 0.1) is 0 Å². The van der Waals surface area contributed by atoms with Crippen LogP contribution in [0.25, 0.3) is 22.3 Å². The van der Waals surface area contributed by atoms with Crippen molar-refractivity contribution in [3.8, 4) is 40.1 Å². The molecule has 2 aliphatic rings. The summed E-state index contributed by atoms with van der Waals surface area (Å²) in [4.78, 5) is 14.5. The molecule has 2 fully saturated rings. The van der Waals surface area contributed by atoms with Crippen LogP contribution in [0.2, 0.25) is 0 Å². The molecule has 0 bridgehead atoms. The number of phenols is 1. The quantitative estimate of drug-likeness (QED) is 0.0379. The highest BCUT2D eigenvalue weighted by atomic mass is 32.3. The number of rotatable bonds is 24. The third-order valence-electron chi connectivity index (χ3n) is 9.08. The van der Waals surface area contributed by atoms with Crippen LogP contribution in [-0.2, 0) is 133 Å². The van der Waals surface area contributed by atoms with Crippen molar-refractivity contribution in [2.75, 3.05) is 6.61 Å². The molecule has 2 aliphatic heterocycles. The highest BCUT2D eigenvalue weighted by Crippen LogP contribution is 2.42. The van der Waals surface area contributed by atoms with E-state index in [0.29, 0.717) is 25.1 Å². The Morgan fingerprint density at radius 1 is 0.481 bits per heavy atom. The summed E-state index contributed by atoms with van der Waals surface area (Å²) >= 11 is 0. The third-order valence-corrected chi connectivity index (χ3v) is 13.1. The van der Waals surface area contributed by atoms with E-state index in [4.69, 9.17) is 23.4 Å². The number of hydrogen-bond donors (Lipinski definition) is 10. The van der Waals surface area contributed by atoms with Crippen LogP contribution >= 0.6 is 0 Å². The number of aromatic hydroxyl groups is 1. The molecular weight excluding hydrogens is 1300 g/mol. The van der Waals surface area contributed by atoms with Crippen LogP contribution in [0.3, 0.4) is 0 Å². The maximum Gasteiger partial charge on any atom is 0.446 e. The Morgan fingerprint density at radius 2 is 0.911 bits per heavy atom. The lowest BCUT2D eigenvalue weighted by Crippen LogP contribution is -2.65. The molecule has 450 valence electrons. The minimum atomic E-state index is -6.31. The van der Waals surface area contributed by atoms with Crippen LogP contribution in [0.15, 0.2) is 39.5 Å². The van der Waals surface area contributed by atoms with Gasteiger partial charge in [-0.1, -0.05) is 0 Å². The average Bonchev–Trinajstić information content (AvgIpc) is 3.19.